The van der Waals surface area contributed by atoms with Gasteiger partial charge in [0.2, 0.25) is 0 Å². The monoisotopic (exact) mass is 599 g/mol. The second kappa shape index (κ2) is 16.7. The van der Waals surface area contributed by atoms with Gasteiger partial charge in [-0.15, -0.1) is 0 Å². The molecular formula is C39H61N5. The Morgan fingerprint density at radius 2 is 1.70 bits per heavy atom. The first-order valence-corrected chi connectivity index (χ1v) is 18.2. The van der Waals surface area contributed by atoms with Crippen molar-refractivity contribution in [1.82, 2.24) is 15.1 Å². The molecule has 0 radical (unpaired) electrons. The molecule has 1 aromatic carbocycles. The zero-order valence-electron chi connectivity index (χ0n) is 28.5. The lowest BCUT2D eigenvalue weighted by atomic mass is 9.82. The van der Waals surface area contributed by atoms with Crippen molar-refractivity contribution < 1.29 is 0 Å². The molecule has 0 spiro atoms. The zero-order chi connectivity index (χ0) is 30.7. The molecule has 5 nitrogen and oxygen atoms in total. The van der Waals surface area contributed by atoms with E-state index >= 15 is 0 Å². The second-order valence-corrected chi connectivity index (χ2v) is 14.0. The maximum Gasteiger partial charge on any atom is 0.101 e. The first-order valence-electron chi connectivity index (χ1n) is 18.2. The van der Waals surface area contributed by atoms with E-state index in [1.54, 1.807) is 11.1 Å². The number of anilines is 1. The molecule has 3 heterocycles. The number of benzene rings is 1. The highest BCUT2D eigenvalue weighted by molar-refractivity contribution is 5.76. The molecule has 3 fully saturated rings. The van der Waals surface area contributed by atoms with Crippen LogP contribution in [0.5, 0.6) is 0 Å². The molecule has 1 aliphatic carbocycles. The summed E-state index contributed by atoms with van der Waals surface area (Å²) >= 11 is 0. The molecule has 2 saturated heterocycles. The van der Waals surface area contributed by atoms with Gasteiger partial charge >= 0.3 is 0 Å². The molecule has 0 unspecified atom stereocenters. The minimum atomic E-state index is 0.605. The maximum atomic E-state index is 4.87. The number of nitrogens with zero attached hydrogens (tertiary/aromatic N) is 4. The standard InChI is InChI=1S/C39H61N5/c1-5-7-22-40-38-29-37(44-25-9-8-10-26-44)28-35(31(38)3)18-13-32-15-19-36(20-16-32)41-39-34(6-2)17-14-33(30-42(39)4)21-27-43-23-11-12-24-43/h5,7,14,22,28-29,32,36,41H,6,8-13,15-21,23-27,30H2,1-4H3/b7-5+,40-22?. The van der Waals surface area contributed by atoms with Crippen LogP contribution in [0.25, 0.3) is 0 Å². The van der Waals surface area contributed by atoms with Gasteiger partial charge in [-0.1, -0.05) is 24.6 Å². The first kappa shape index (κ1) is 32.9. The normalized spacial score (nSPS) is 24.0. The molecule has 242 valence electrons. The van der Waals surface area contributed by atoms with Gasteiger partial charge in [0.15, 0.2) is 0 Å². The number of hydrogen-bond donors (Lipinski definition) is 1. The summed E-state index contributed by atoms with van der Waals surface area (Å²) in [5, 5.41) is 4.08. The van der Waals surface area contributed by atoms with Crippen LogP contribution in [0.3, 0.4) is 0 Å². The van der Waals surface area contributed by atoms with Crippen molar-refractivity contribution in [2.45, 2.75) is 117 Å². The summed E-state index contributed by atoms with van der Waals surface area (Å²) in [5.41, 5.74) is 8.61. The number of aliphatic imine (C=N–C) groups is 1. The fourth-order valence-electron chi connectivity index (χ4n) is 7.92. The van der Waals surface area contributed by atoms with E-state index in [1.807, 2.05) is 12.3 Å². The molecule has 1 saturated carbocycles. The average Bonchev–Trinajstić information content (AvgIpc) is 3.53. The number of rotatable bonds is 12. The van der Waals surface area contributed by atoms with Gasteiger partial charge in [0.05, 0.1) is 5.69 Å². The summed E-state index contributed by atoms with van der Waals surface area (Å²) in [7, 11) is 2.32. The summed E-state index contributed by atoms with van der Waals surface area (Å²) in [6.45, 7) is 13.9. The number of aryl methyl sites for hydroxylation is 1. The van der Waals surface area contributed by atoms with Crippen molar-refractivity contribution in [1.29, 1.82) is 0 Å². The molecule has 1 aromatic rings. The lowest BCUT2D eigenvalue weighted by Crippen LogP contribution is -2.39. The van der Waals surface area contributed by atoms with Crippen LogP contribution < -0.4 is 10.2 Å². The van der Waals surface area contributed by atoms with Gasteiger partial charge < -0.3 is 20.0 Å². The van der Waals surface area contributed by atoms with Gasteiger partial charge in [-0.25, -0.2) is 0 Å². The predicted molar refractivity (Wildman–Crippen MR) is 190 cm³/mol. The third kappa shape index (κ3) is 9.02. The minimum Gasteiger partial charge on any atom is -0.371 e. The van der Waals surface area contributed by atoms with Crippen LogP contribution in [-0.2, 0) is 6.42 Å². The minimum absolute atomic E-state index is 0.605. The molecule has 0 aromatic heterocycles. The van der Waals surface area contributed by atoms with E-state index in [0.29, 0.717) is 6.04 Å². The Bertz CT molecular complexity index is 1170. The van der Waals surface area contributed by atoms with Gasteiger partial charge in [0.25, 0.3) is 0 Å². The molecule has 0 bridgehead atoms. The summed E-state index contributed by atoms with van der Waals surface area (Å²) in [6, 6.07) is 5.43. The molecule has 5 rings (SSSR count). The Morgan fingerprint density at radius 3 is 2.43 bits per heavy atom. The molecule has 3 aliphatic heterocycles. The Hall–Kier alpha value is -2.53. The fraction of sp³-hybridized carbons (Fsp3) is 0.667. The zero-order valence-corrected chi connectivity index (χ0v) is 28.5. The van der Waals surface area contributed by atoms with Crippen molar-refractivity contribution in [3.8, 4) is 0 Å². The maximum absolute atomic E-state index is 4.87. The van der Waals surface area contributed by atoms with Crippen LogP contribution in [0, 0.1) is 12.8 Å². The lowest BCUT2D eigenvalue weighted by Gasteiger charge is -2.34. The van der Waals surface area contributed by atoms with Gasteiger partial charge in [0.1, 0.15) is 5.82 Å². The number of likely N-dealkylation sites (tertiary alicyclic amines) is 1. The third-order valence-electron chi connectivity index (χ3n) is 10.9. The number of allylic oxidation sites excluding steroid dienone is 4. The SMILES string of the molecule is C/C=C/C=Nc1cc(N2CCCCC2)cc(CCC2CCC(NC3=C(CC)CC=C(CCN4CCCC4)CN3C)CC2)c1C. The van der Waals surface area contributed by atoms with Gasteiger partial charge in [-0.3, -0.25) is 4.99 Å². The first-order chi connectivity index (χ1) is 21.5. The van der Waals surface area contributed by atoms with Crippen LogP contribution >= 0.6 is 0 Å². The molecule has 0 atom stereocenters. The van der Waals surface area contributed by atoms with Crippen molar-refractivity contribution >= 4 is 17.6 Å². The van der Waals surface area contributed by atoms with Crippen LogP contribution in [-0.4, -0.2) is 68.4 Å². The fourth-order valence-corrected chi connectivity index (χ4v) is 7.92. The van der Waals surface area contributed by atoms with Crippen LogP contribution in [0.15, 0.2) is 52.3 Å². The highest BCUT2D eigenvalue weighted by Gasteiger charge is 2.25. The summed E-state index contributed by atoms with van der Waals surface area (Å²) in [6.07, 6.45) is 26.5. The van der Waals surface area contributed by atoms with Crippen molar-refractivity contribution in [3.05, 3.63) is 58.5 Å². The summed E-state index contributed by atoms with van der Waals surface area (Å²) < 4.78 is 0. The molecule has 5 heteroatoms. The van der Waals surface area contributed by atoms with E-state index in [2.05, 4.69) is 72.1 Å². The number of hydrogen-bond acceptors (Lipinski definition) is 5. The summed E-state index contributed by atoms with van der Waals surface area (Å²) in [4.78, 5) is 12.6. The Labute approximate surface area is 269 Å². The van der Waals surface area contributed by atoms with E-state index in [1.165, 1.54) is 132 Å². The van der Waals surface area contributed by atoms with Gasteiger partial charge in [0, 0.05) is 51.2 Å². The quantitative estimate of drug-likeness (QED) is 0.192. The Kier molecular flexibility index (Phi) is 12.5. The number of likely N-dealkylation sites (N-methyl/N-ethyl adjacent to an activating group) is 1. The van der Waals surface area contributed by atoms with Crippen molar-refractivity contribution in [2.75, 3.05) is 51.2 Å². The van der Waals surface area contributed by atoms with Crippen LogP contribution in [0.4, 0.5) is 11.4 Å². The third-order valence-corrected chi connectivity index (χ3v) is 10.9. The Balaban J connectivity index is 1.14. The molecular weight excluding hydrogens is 538 g/mol. The van der Waals surface area contributed by atoms with E-state index in [-0.39, 0.29) is 0 Å². The molecule has 44 heavy (non-hydrogen) atoms. The van der Waals surface area contributed by atoms with Crippen LogP contribution in [0.1, 0.15) is 108 Å². The van der Waals surface area contributed by atoms with E-state index in [0.717, 1.165) is 31.0 Å². The topological polar surface area (TPSA) is 34.1 Å². The smallest absolute Gasteiger partial charge is 0.101 e. The predicted octanol–water partition coefficient (Wildman–Crippen LogP) is 8.71. The van der Waals surface area contributed by atoms with E-state index in [4.69, 9.17) is 4.99 Å². The summed E-state index contributed by atoms with van der Waals surface area (Å²) in [5.74, 6) is 2.26. The highest BCUT2D eigenvalue weighted by atomic mass is 15.2. The second-order valence-electron chi connectivity index (χ2n) is 14.0. The number of piperidine rings is 1. The largest absolute Gasteiger partial charge is 0.371 e. The van der Waals surface area contributed by atoms with Crippen molar-refractivity contribution in [3.63, 3.8) is 0 Å². The highest BCUT2D eigenvalue weighted by Crippen LogP contribution is 2.35. The molecule has 4 aliphatic rings. The average molecular weight is 600 g/mol. The van der Waals surface area contributed by atoms with Gasteiger partial charge in [-0.05, 0) is 158 Å². The van der Waals surface area contributed by atoms with Crippen molar-refractivity contribution in [2.24, 2.45) is 10.9 Å². The molecule has 1 N–H and O–H groups in total. The lowest BCUT2D eigenvalue weighted by molar-refractivity contribution is 0.270. The van der Waals surface area contributed by atoms with E-state index < -0.39 is 0 Å². The number of nitrogens with one attached hydrogen (secondary N) is 1. The van der Waals surface area contributed by atoms with E-state index in [9.17, 15) is 0 Å². The Morgan fingerprint density at radius 1 is 0.955 bits per heavy atom. The molecule has 0 amide bonds. The van der Waals surface area contributed by atoms with Crippen LogP contribution in [0.2, 0.25) is 0 Å². The van der Waals surface area contributed by atoms with Gasteiger partial charge in [-0.2, -0.15) is 0 Å².